The highest BCUT2D eigenvalue weighted by Gasteiger charge is 2.20. The third-order valence-electron chi connectivity index (χ3n) is 5.35. The lowest BCUT2D eigenvalue weighted by atomic mass is 10.1. The molecule has 1 saturated heterocycles. The lowest BCUT2D eigenvalue weighted by Gasteiger charge is -2.34. The Kier molecular flexibility index (Phi) is 6.48. The molecule has 30 heavy (non-hydrogen) atoms. The maximum atomic E-state index is 12.3. The van der Waals surface area contributed by atoms with Crippen LogP contribution in [0.15, 0.2) is 30.3 Å². The number of thiazole rings is 1. The van der Waals surface area contributed by atoms with Crippen LogP contribution < -0.4 is 10.2 Å². The predicted molar refractivity (Wildman–Crippen MR) is 127 cm³/mol. The Hall–Kier alpha value is -1.86. The maximum absolute atomic E-state index is 12.3. The molecule has 0 saturated carbocycles. The van der Waals surface area contributed by atoms with Crippen LogP contribution in [0.1, 0.15) is 21.5 Å². The number of nitrogens with one attached hydrogen (secondary N) is 1. The number of carbonyl (C=O) groups is 1. The van der Waals surface area contributed by atoms with Crippen molar-refractivity contribution >= 4 is 55.8 Å². The topological polar surface area (TPSA) is 48.5 Å². The van der Waals surface area contributed by atoms with E-state index in [-0.39, 0.29) is 5.91 Å². The van der Waals surface area contributed by atoms with E-state index in [0.717, 1.165) is 43.4 Å². The second-order valence-corrected chi connectivity index (χ2v) is 9.49. The van der Waals surface area contributed by atoms with Gasteiger partial charge in [0.1, 0.15) is 0 Å². The maximum Gasteiger partial charge on any atom is 0.252 e. The SMILES string of the molecule is Cc1cc(C)c2nc(N3CCN(CCNC(=O)c4cc(Cl)ccc4Cl)CC3)sc2c1. The quantitative estimate of drug-likeness (QED) is 0.592. The third-order valence-corrected chi connectivity index (χ3v) is 6.98. The van der Waals surface area contributed by atoms with Gasteiger partial charge in [-0.2, -0.15) is 0 Å². The summed E-state index contributed by atoms with van der Waals surface area (Å²) in [5, 5.41) is 4.95. The fourth-order valence-corrected chi connectivity index (χ4v) is 5.32. The van der Waals surface area contributed by atoms with Crippen LogP contribution in [0, 0.1) is 13.8 Å². The Labute approximate surface area is 190 Å². The van der Waals surface area contributed by atoms with Crippen molar-refractivity contribution in [2.45, 2.75) is 13.8 Å². The summed E-state index contributed by atoms with van der Waals surface area (Å²) in [6.45, 7) is 9.39. The molecule has 0 bridgehead atoms. The van der Waals surface area contributed by atoms with Gasteiger partial charge in [-0.15, -0.1) is 0 Å². The largest absolute Gasteiger partial charge is 0.351 e. The van der Waals surface area contributed by atoms with Crippen molar-refractivity contribution in [3.05, 3.63) is 57.1 Å². The Morgan fingerprint density at radius 1 is 1.13 bits per heavy atom. The van der Waals surface area contributed by atoms with E-state index in [2.05, 4.69) is 41.1 Å². The van der Waals surface area contributed by atoms with Gasteiger partial charge >= 0.3 is 0 Å². The average Bonchev–Trinajstić information content (AvgIpc) is 3.14. The van der Waals surface area contributed by atoms with E-state index in [4.69, 9.17) is 28.2 Å². The summed E-state index contributed by atoms with van der Waals surface area (Å²) in [6, 6.07) is 9.32. The van der Waals surface area contributed by atoms with Crippen LogP contribution in [0.25, 0.3) is 10.2 Å². The molecular weight excluding hydrogens is 439 g/mol. The number of aromatic nitrogens is 1. The average molecular weight is 463 g/mol. The van der Waals surface area contributed by atoms with E-state index in [0.29, 0.717) is 22.2 Å². The number of amides is 1. The molecular formula is C22H24Cl2N4OS. The molecule has 0 unspecified atom stereocenters. The highest BCUT2D eigenvalue weighted by Crippen LogP contribution is 2.32. The van der Waals surface area contributed by atoms with Crippen molar-refractivity contribution in [2.24, 2.45) is 0 Å². The lowest BCUT2D eigenvalue weighted by molar-refractivity contribution is 0.0948. The molecule has 0 aliphatic carbocycles. The number of carbonyl (C=O) groups excluding carboxylic acids is 1. The Balaban J connectivity index is 1.28. The molecule has 4 rings (SSSR count). The van der Waals surface area contributed by atoms with Crippen molar-refractivity contribution in [1.29, 1.82) is 0 Å². The van der Waals surface area contributed by atoms with Gasteiger partial charge in [0.25, 0.3) is 5.91 Å². The molecule has 2 aromatic carbocycles. The molecule has 1 aliphatic rings. The number of anilines is 1. The van der Waals surface area contributed by atoms with Crippen LogP contribution in [-0.4, -0.2) is 55.1 Å². The van der Waals surface area contributed by atoms with E-state index in [9.17, 15) is 4.79 Å². The minimum Gasteiger partial charge on any atom is -0.351 e. The molecule has 1 N–H and O–H groups in total. The fraction of sp³-hybridized carbons (Fsp3) is 0.364. The van der Waals surface area contributed by atoms with Gasteiger partial charge < -0.3 is 10.2 Å². The Morgan fingerprint density at radius 3 is 2.67 bits per heavy atom. The molecule has 2 heterocycles. The molecule has 3 aromatic rings. The van der Waals surface area contributed by atoms with Crippen molar-refractivity contribution in [3.8, 4) is 0 Å². The summed E-state index contributed by atoms with van der Waals surface area (Å²) >= 11 is 13.8. The first-order valence-electron chi connectivity index (χ1n) is 9.99. The van der Waals surface area contributed by atoms with Crippen LogP contribution in [0.4, 0.5) is 5.13 Å². The normalized spacial score (nSPS) is 15.0. The number of aryl methyl sites for hydroxylation is 2. The van der Waals surface area contributed by atoms with Gasteiger partial charge in [0.05, 0.1) is 20.8 Å². The second-order valence-electron chi connectivity index (χ2n) is 7.63. The highest BCUT2D eigenvalue weighted by atomic mass is 35.5. The molecule has 1 amide bonds. The summed E-state index contributed by atoms with van der Waals surface area (Å²) < 4.78 is 1.26. The van der Waals surface area contributed by atoms with Gasteiger partial charge in [0, 0.05) is 44.3 Å². The zero-order chi connectivity index (χ0) is 21.3. The summed E-state index contributed by atoms with van der Waals surface area (Å²) in [6.07, 6.45) is 0. The van der Waals surface area contributed by atoms with E-state index in [1.165, 1.54) is 15.8 Å². The number of hydrogen-bond donors (Lipinski definition) is 1. The zero-order valence-electron chi connectivity index (χ0n) is 17.0. The van der Waals surface area contributed by atoms with Crippen LogP contribution >= 0.6 is 34.5 Å². The minimum absolute atomic E-state index is 0.193. The molecule has 1 aromatic heterocycles. The van der Waals surface area contributed by atoms with E-state index in [1.807, 2.05) is 0 Å². The van der Waals surface area contributed by atoms with Crippen LogP contribution in [-0.2, 0) is 0 Å². The first-order chi connectivity index (χ1) is 14.4. The fourth-order valence-electron chi connectivity index (χ4n) is 3.75. The summed E-state index contributed by atoms with van der Waals surface area (Å²) in [4.78, 5) is 21.9. The first kappa shape index (κ1) is 21.4. The molecule has 0 atom stereocenters. The summed E-state index contributed by atoms with van der Waals surface area (Å²) in [5.41, 5.74) is 4.04. The lowest BCUT2D eigenvalue weighted by Crippen LogP contribution is -2.48. The molecule has 5 nitrogen and oxygen atoms in total. The number of piperazine rings is 1. The van der Waals surface area contributed by atoms with E-state index < -0.39 is 0 Å². The van der Waals surface area contributed by atoms with E-state index >= 15 is 0 Å². The molecule has 1 fully saturated rings. The second kappa shape index (κ2) is 9.10. The molecule has 1 aliphatic heterocycles. The van der Waals surface area contributed by atoms with Crippen molar-refractivity contribution in [3.63, 3.8) is 0 Å². The summed E-state index contributed by atoms with van der Waals surface area (Å²) in [5.74, 6) is -0.193. The van der Waals surface area contributed by atoms with Crippen LogP contribution in [0.5, 0.6) is 0 Å². The van der Waals surface area contributed by atoms with Crippen molar-refractivity contribution in [1.82, 2.24) is 15.2 Å². The first-order valence-corrected chi connectivity index (χ1v) is 11.6. The molecule has 158 valence electrons. The van der Waals surface area contributed by atoms with E-state index in [1.54, 1.807) is 29.5 Å². The molecule has 0 radical (unpaired) electrons. The number of hydrogen-bond acceptors (Lipinski definition) is 5. The standard InChI is InChI=1S/C22H24Cl2N4OS/c1-14-11-15(2)20-19(12-14)30-22(26-20)28-9-7-27(8-10-28)6-5-25-21(29)17-13-16(23)3-4-18(17)24/h3-4,11-13H,5-10H2,1-2H3,(H,25,29). The van der Waals surface area contributed by atoms with Crippen LogP contribution in [0.3, 0.4) is 0 Å². The van der Waals surface area contributed by atoms with Gasteiger partial charge in [-0.1, -0.05) is 40.6 Å². The number of fused-ring (bicyclic) bond motifs is 1. The van der Waals surface area contributed by atoms with Gasteiger partial charge in [0.15, 0.2) is 5.13 Å². The van der Waals surface area contributed by atoms with Gasteiger partial charge in [-0.3, -0.25) is 9.69 Å². The minimum atomic E-state index is -0.193. The number of nitrogens with zero attached hydrogens (tertiary/aromatic N) is 3. The molecule has 8 heteroatoms. The Bertz CT molecular complexity index is 1080. The number of rotatable bonds is 5. The highest BCUT2D eigenvalue weighted by molar-refractivity contribution is 7.22. The zero-order valence-corrected chi connectivity index (χ0v) is 19.4. The monoisotopic (exact) mass is 462 g/mol. The smallest absolute Gasteiger partial charge is 0.252 e. The predicted octanol–water partition coefficient (Wildman–Crippen LogP) is 4.77. The van der Waals surface area contributed by atoms with Crippen molar-refractivity contribution < 1.29 is 4.79 Å². The number of benzene rings is 2. The summed E-state index contributed by atoms with van der Waals surface area (Å²) in [7, 11) is 0. The van der Waals surface area contributed by atoms with Gasteiger partial charge in [0.2, 0.25) is 0 Å². The number of halogens is 2. The molecule has 0 spiro atoms. The Morgan fingerprint density at radius 2 is 1.90 bits per heavy atom. The van der Waals surface area contributed by atoms with Gasteiger partial charge in [-0.05, 0) is 49.2 Å². The van der Waals surface area contributed by atoms with Gasteiger partial charge in [-0.25, -0.2) is 4.98 Å². The third kappa shape index (κ3) is 4.72. The van der Waals surface area contributed by atoms with Crippen molar-refractivity contribution in [2.75, 3.05) is 44.2 Å². The van der Waals surface area contributed by atoms with Crippen LogP contribution in [0.2, 0.25) is 10.0 Å².